The van der Waals surface area contributed by atoms with E-state index in [1.165, 1.54) is 11.0 Å². The molecule has 1 aromatic rings. The van der Waals surface area contributed by atoms with Crippen LogP contribution in [0.2, 0.25) is 0 Å². The van der Waals surface area contributed by atoms with Crippen molar-refractivity contribution >= 4 is 5.91 Å². The molecule has 0 spiro atoms. The van der Waals surface area contributed by atoms with Crippen LogP contribution in [-0.4, -0.2) is 22.5 Å². The molecule has 0 saturated heterocycles. The van der Waals surface area contributed by atoms with E-state index in [4.69, 9.17) is 0 Å². The Morgan fingerprint density at radius 3 is 2.53 bits per heavy atom. The minimum Gasteiger partial charge on any atom is -0.369 e. The predicted octanol–water partition coefficient (Wildman–Crippen LogP) is 2.81. The molecule has 0 aromatic heterocycles. The molecule has 0 bridgehead atoms. The summed E-state index contributed by atoms with van der Waals surface area (Å²) in [5.74, 6) is -0.433. The lowest BCUT2D eigenvalue weighted by molar-refractivity contribution is -0.137. The van der Waals surface area contributed by atoms with Crippen LogP contribution < -0.4 is 0 Å². The zero-order chi connectivity index (χ0) is 14.4. The highest BCUT2D eigenvalue weighted by Gasteiger charge is 2.39. The molecular formula is C13H14F3NO2. The van der Waals surface area contributed by atoms with Gasteiger partial charge in [0.25, 0.3) is 5.91 Å². The molecule has 2 rings (SSSR count). The van der Waals surface area contributed by atoms with Crippen LogP contribution in [0.1, 0.15) is 41.6 Å². The monoisotopic (exact) mass is 273 g/mol. The predicted molar refractivity (Wildman–Crippen MR) is 62.3 cm³/mol. The number of rotatable bonds is 2. The van der Waals surface area contributed by atoms with Gasteiger partial charge in [0.1, 0.15) is 0 Å². The minimum atomic E-state index is -4.49. The number of alkyl halides is 3. The Balaban J connectivity index is 2.40. The molecule has 1 heterocycles. The van der Waals surface area contributed by atoms with E-state index in [0.29, 0.717) is 6.54 Å². The van der Waals surface area contributed by atoms with E-state index < -0.39 is 23.9 Å². The van der Waals surface area contributed by atoms with Gasteiger partial charge < -0.3 is 10.0 Å². The second kappa shape index (κ2) is 4.52. The number of aliphatic hydroxyl groups is 1. The Hall–Kier alpha value is -1.56. The van der Waals surface area contributed by atoms with Crippen molar-refractivity contribution in [3.63, 3.8) is 0 Å². The van der Waals surface area contributed by atoms with Crippen molar-refractivity contribution in [2.75, 3.05) is 6.54 Å². The summed E-state index contributed by atoms with van der Waals surface area (Å²) in [5.41, 5.74) is -0.708. The first kappa shape index (κ1) is 13.9. The summed E-state index contributed by atoms with van der Waals surface area (Å²) in [6.45, 7) is 4.03. The molecule has 1 amide bonds. The van der Waals surface area contributed by atoms with Crippen molar-refractivity contribution in [2.45, 2.75) is 26.3 Å². The molecule has 1 aliphatic heterocycles. The molecule has 1 unspecified atom stereocenters. The van der Waals surface area contributed by atoms with Gasteiger partial charge in [-0.25, -0.2) is 0 Å². The fourth-order valence-corrected chi connectivity index (χ4v) is 2.15. The van der Waals surface area contributed by atoms with E-state index in [1.54, 1.807) is 0 Å². The molecular weight excluding hydrogens is 259 g/mol. The van der Waals surface area contributed by atoms with Crippen molar-refractivity contribution in [2.24, 2.45) is 5.92 Å². The quantitative estimate of drug-likeness (QED) is 0.900. The van der Waals surface area contributed by atoms with E-state index in [1.807, 2.05) is 13.8 Å². The van der Waals surface area contributed by atoms with Gasteiger partial charge in [-0.15, -0.1) is 0 Å². The molecule has 104 valence electrons. The summed E-state index contributed by atoms with van der Waals surface area (Å²) in [6, 6.07) is 2.86. The maximum Gasteiger partial charge on any atom is 0.416 e. The second-order valence-corrected chi connectivity index (χ2v) is 5.02. The normalized spacial score (nSPS) is 19.2. The highest BCUT2D eigenvalue weighted by molar-refractivity contribution is 5.99. The summed E-state index contributed by atoms with van der Waals surface area (Å²) in [5, 5.41) is 9.98. The molecule has 6 heteroatoms. The molecule has 0 aliphatic carbocycles. The third-order valence-electron chi connectivity index (χ3n) is 3.01. The average Bonchev–Trinajstić information content (AvgIpc) is 2.53. The zero-order valence-corrected chi connectivity index (χ0v) is 10.5. The highest BCUT2D eigenvalue weighted by Crippen LogP contribution is 2.37. The minimum absolute atomic E-state index is 0.0667. The molecule has 19 heavy (non-hydrogen) atoms. The van der Waals surface area contributed by atoms with Gasteiger partial charge in [-0.05, 0) is 18.1 Å². The van der Waals surface area contributed by atoms with Gasteiger partial charge in [-0.2, -0.15) is 13.2 Å². The number of nitrogens with zero attached hydrogens (tertiary/aromatic N) is 1. The third kappa shape index (κ3) is 2.45. The number of hydrogen-bond acceptors (Lipinski definition) is 2. The third-order valence-corrected chi connectivity index (χ3v) is 3.01. The molecule has 1 aliphatic rings. The van der Waals surface area contributed by atoms with E-state index in [9.17, 15) is 23.1 Å². The van der Waals surface area contributed by atoms with Crippen LogP contribution in [0, 0.1) is 5.92 Å². The maximum absolute atomic E-state index is 12.6. The first-order chi connectivity index (χ1) is 8.71. The number of hydrogen-bond donors (Lipinski definition) is 1. The Labute approximate surface area is 108 Å². The Morgan fingerprint density at radius 2 is 2.00 bits per heavy atom. The molecule has 1 atom stereocenters. The smallest absolute Gasteiger partial charge is 0.369 e. The average molecular weight is 273 g/mol. The first-order valence-corrected chi connectivity index (χ1v) is 5.92. The van der Waals surface area contributed by atoms with Crippen molar-refractivity contribution < 1.29 is 23.1 Å². The van der Waals surface area contributed by atoms with Crippen molar-refractivity contribution in [1.29, 1.82) is 0 Å². The van der Waals surface area contributed by atoms with E-state index in [-0.39, 0.29) is 17.0 Å². The summed E-state index contributed by atoms with van der Waals surface area (Å²) >= 11 is 0. The van der Waals surface area contributed by atoms with Gasteiger partial charge >= 0.3 is 6.18 Å². The molecule has 0 saturated carbocycles. The van der Waals surface area contributed by atoms with Gasteiger partial charge in [-0.3, -0.25) is 4.79 Å². The standard InChI is InChI=1S/C13H14F3NO2/c1-7(2)6-17-11(18)9-4-3-8(13(14,15)16)5-10(9)12(17)19/h3-5,7,11,18H,6H2,1-2H3. The topological polar surface area (TPSA) is 40.5 Å². The second-order valence-electron chi connectivity index (χ2n) is 5.02. The first-order valence-electron chi connectivity index (χ1n) is 5.92. The lowest BCUT2D eigenvalue weighted by Gasteiger charge is -2.22. The van der Waals surface area contributed by atoms with Crippen LogP contribution in [0.25, 0.3) is 0 Å². The fraction of sp³-hybridized carbons (Fsp3) is 0.462. The van der Waals surface area contributed by atoms with Gasteiger partial charge in [-0.1, -0.05) is 19.9 Å². The number of halogens is 3. The van der Waals surface area contributed by atoms with Gasteiger partial charge in [0.15, 0.2) is 6.23 Å². The van der Waals surface area contributed by atoms with Crippen molar-refractivity contribution in [3.8, 4) is 0 Å². The largest absolute Gasteiger partial charge is 0.416 e. The molecule has 0 fully saturated rings. The lowest BCUT2D eigenvalue weighted by atomic mass is 10.1. The molecule has 1 aromatic carbocycles. The zero-order valence-electron chi connectivity index (χ0n) is 10.5. The van der Waals surface area contributed by atoms with Crippen LogP contribution in [0.4, 0.5) is 13.2 Å². The summed E-state index contributed by atoms with van der Waals surface area (Å²) < 4.78 is 37.8. The van der Waals surface area contributed by atoms with Crippen molar-refractivity contribution in [1.82, 2.24) is 4.90 Å². The van der Waals surface area contributed by atoms with E-state index in [0.717, 1.165) is 12.1 Å². The van der Waals surface area contributed by atoms with Crippen LogP contribution in [0.15, 0.2) is 18.2 Å². The molecule has 3 nitrogen and oxygen atoms in total. The molecule has 1 N–H and O–H groups in total. The van der Waals surface area contributed by atoms with Crippen LogP contribution >= 0.6 is 0 Å². The summed E-state index contributed by atoms with van der Waals surface area (Å²) in [6.07, 6.45) is -5.65. The van der Waals surface area contributed by atoms with Crippen LogP contribution in [0.3, 0.4) is 0 Å². The maximum atomic E-state index is 12.6. The van der Waals surface area contributed by atoms with Crippen LogP contribution in [-0.2, 0) is 6.18 Å². The van der Waals surface area contributed by atoms with Gasteiger partial charge in [0.2, 0.25) is 0 Å². The summed E-state index contributed by atoms with van der Waals surface area (Å²) in [4.78, 5) is 13.2. The number of carbonyl (C=O) groups is 1. The summed E-state index contributed by atoms with van der Waals surface area (Å²) in [7, 11) is 0. The molecule has 0 radical (unpaired) electrons. The van der Waals surface area contributed by atoms with Crippen molar-refractivity contribution in [3.05, 3.63) is 34.9 Å². The number of aliphatic hydroxyl groups excluding tert-OH is 1. The number of benzene rings is 1. The SMILES string of the molecule is CC(C)CN1C(=O)c2cc(C(F)(F)F)ccc2C1O. The lowest BCUT2D eigenvalue weighted by Crippen LogP contribution is -2.31. The number of fused-ring (bicyclic) bond motifs is 1. The Bertz CT molecular complexity index is 511. The van der Waals surface area contributed by atoms with E-state index in [2.05, 4.69) is 0 Å². The Kier molecular flexibility index (Phi) is 3.30. The number of amides is 1. The van der Waals surface area contributed by atoms with Gasteiger partial charge in [0.05, 0.1) is 5.56 Å². The van der Waals surface area contributed by atoms with Gasteiger partial charge in [0, 0.05) is 17.7 Å². The Morgan fingerprint density at radius 1 is 1.37 bits per heavy atom. The highest BCUT2D eigenvalue weighted by atomic mass is 19.4. The van der Waals surface area contributed by atoms with E-state index >= 15 is 0 Å². The number of carbonyl (C=O) groups excluding carboxylic acids is 1. The van der Waals surface area contributed by atoms with Crippen LogP contribution in [0.5, 0.6) is 0 Å². The fourth-order valence-electron chi connectivity index (χ4n) is 2.15.